The number of benzene rings is 1. The third-order valence-corrected chi connectivity index (χ3v) is 4.25. The Kier molecular flexibility index (Phi) is 6.71. The van der Waals surface area contributed by atoms with Crippen molar-refractivity contribution in [1.82, 2.24) is 10.2 Å². The summed E-state index contributed by atoms with van der Waals surface area (Å²) in [7, 11) is 0. The third-order valence-electron chi connectivity index (χ3n) is 4.25. The van der Waals surface area contributed by atoms with Gasteiger partial charge in [-0.1, -0.05) is 18.2 Å². The number of anilines is 1. The summed E-state index contributed by atoms with van der Waals surface area (Å²) in [5.41, 5.74) is 0.802. The number of carbonyl (C=O) groups excluding carboxylic acids is 3. The lowest BCUT2D eigenvalue weighted by molar-refractivity contribution is -0.141. The number of carboxylic acids is 1. The van der Waals surface area contributed by atoms with Crippen LogP contribution in [-0.2, 0) is 19.2 Å². The van der Waals surface area contributed by atoms with Gasteiger partial charge in [0.25, 0.3) is 0 Å². The van der Waals surface area contributed by atoms with E-state index in [4.69, 9.17) is 5.11 Å². The summed E-state index contributed by atoms with van der Waals surface area (Å²) < 4.78 is 0. The summed E-state index contributed by atoms with van der Waals surface area (Å²) in [6, 6.07) is 6.96. The van der Waals surface area contributed by atoms with Crippen LogP contribution in [0.3, 0.4) is 0 Å². The van der Waals surface area contributed by atoms with Crippen molar-refractivity contribution >= 4 is 29.8 Å². The van der Waals surface area contributed by atoms with Gasteiger partial charge in [0.05, 0.1) is 12.5 Å². The Balaban J connectivity index is 1.99. The molecule has 8 nitrogen and oxygen atoms in total. The van der Waals surface area contributed by atoms with Crippen LogP contribution in [0.4, 0.5) is 5.69 Å². The van der Waals surface area contributed by atoms with Crippen LogP contribution in [0.15, 0.2) is 30.3 Å². The molecule has 1 fully saturated rings. The van der Waals surface area contributed by atoms with E-state index in [9.17, 15) is 19.2 Å². The SMILES string of the molecule is CC(Nc1ccccc1)C(=O)N1CCCC1C(=O)NC(C=O)CC(=O)O. The average molecular weight is 361 g/mol. The minimum atomic E-state index is -1.18. The smallest absolute Gasteiger partial charge is 0.305 e. The molecule has 3 atom stereocenters. The maximum Gasteiger partial charge on any atom is 0.305 e. The van der Waals surface area contributed by atoms with Gasteiger partial charge in [-0.05, 0) is 31.9 Å². The monoisotopic (exact) mass is 361 g/mol. The number of carboxylic acid groups (broad SMARTS) is 1. The van der Waals surface area contributed by atoms with Crippen LogP contribution in [0.5, 0.6) is 0 Å². The standard InChI is InChI=1S/C18H23N3O5/c1-12(19-13-6-3-2-4-7-13)18(26)21-9-5-8-15(21)17(25)20-14(11-22)10-16(23)24/h2-4,6-7,11-12,14-15,19H,5,8-10H2,1H3,(H,20,25)(H,23,24). The number of aldehydes is 1. The molecular weight excluding hydrogens is 338 g/mol. The molecule has 0 aromatic heterocycles. The van der Waals surface area contributed by atoms with Crippen molar-refractivity contribution < 1.29 is 24.3 Å². The Bertz CT molecular complexity index is 664. The van der Waals surface area contributed by atoms with Crippen molar-refractivity contribution in [3.05, 3.63) is 30.3 Å². The number of likely N-dealkylation sites (tertiary alicyclic amines) is 1. The van der Waals surface area contributed by atoms with Crippen LogP contribution in [0, 0.1) is 0 Å². The van der Waals surface area contributed by atoms with E-state index in [1.807, 2.05) is 30.3 Å². The molecule has 2 amide bonds. The molecule has 0 bridgehead atoms. The molecule has 0 radical (unpaired) electrons. The van der Waals surface area contributed by atoms with Crippen LogP contribution in [0.2, 0.25) is 0 Å². The molecule has 0 spiro atoms. The number of amides is 2. The van der Waals surface area contributed by atoms with E-state index < -0.39 is 36.4 Å². The Morgan fingerprint density at radius 2 is 2.00 bits per heavy atom. The first-order valence-electron chi connectivity index (χ1n) is 8.52. The molecule has 1 aromatic carbocycles. The van der Waals surface area contributed by atoms with Gasteiger partial charge in [-0.25, -0.2) is 0 Å². The first kappa shape index (κ1) is 19.4. The van der Waals surface area contributed by atoms with E-state index in [2.05, 4.69) is 10.6 Å². The molecule has 8 heteroatoms. The number of aliphatic carboxylic acids is 1. The lowest BCUT2D eigenvalue weighted by Crippen LogP contribution is -2.52. The normalized spacial score (nSPS) is 18.7. The predicted molar refractivity (Wildman–Crippen MR) is 94.5 cm³/mol. The zero-order valence-corrected chi connectivity index (χ0v) is 14.6. The molecule has 1 heterocycles. The van der Waals surface area contributed by atoms with E-state index in [1.54, 1.807) is 6.92 Å². The van der Waals surface area contributed by atoms with Crippen molar-refractivity contribution in [2.75, 3.05) is 11.9 Å². The molecule has 3 N–H and O–H groups in total. The van der Waals surface area contributed by atoms with E-state index in [0.717, 1.165) is 5.69 Å². The van der Waals surface area contributed by atoms with E-state index in [1.165, 1.54) is 4.90 Å². The van der Waals surface area contributed by atoms with Gasteiger partial charge in [-0.3, -0.25) is 14.4 Å². The molecule has 0 saturated carbocycles. The van der Waals surface area contributed by atoms with Crippen LogP contribution in [-0.4, -0.2) is 58.7 Å². The van der Waals surface area contributed by atoms with Crippen molar-refractivity contribution in [1.29, 1.82) is 0 Å². The van der Waals surface area contributed by atoms with Crippen LogP contribution >= 0.6 is 0 Å². The molecule has 1 aromatic rings. The highest BCUT2D eigenvalue weighted by Crippen LogP contribution is 2.20. The number of carbonyl (C=O) groups is 4. The van der Waals surface area contributed by atoms with E-state index in [-0.39, 0.29) is 5.91 Å². The highest BCUT2D eigenvalue weighted by molar-refractivity contribution is 5.92. The molecule has 1 aliphatic rings. The zero-order valence-electron chi connectivity index (χ0n) is 14.6. The van der Waals surface area contributed by atoms with Crippen molar-refractivity contribution in [2.45, 2.75) is 44.3 Å². The Labute approximate surface area is 151 Å². The largest absolute Gasteiger partial charge is 0.481 e. The maximum absolute atomic E-state index is 12.7. The first-order valence-corrected chi connectivity index (χ1v) is 8.52. The van der Waals surface area contributed by atoms with Crippen LogP contribution in [0.1, 0.15) is 26.2 Å². The molecule has 1 aliphatic heterocycles. The quantitative estimate of drug-likeness (QED) is 0.585. The summed E-state index contributed by atoms with van der Waals surface area (Å²) in [4.78, 5) is 48.3. The zero-order chi connectivity index (χ0) is 19.1. The average Bonchev–Trinajstić information content (AvgIpc) is 3.10. The number of rotatable bonds is 8. The number of hydrogen-bond donors (Lipinski definition) is 3. The van der Waals surface area contributed by atoms with Gasteiger partial charge in [-0.2, -0.15) is 0 Å². The number of para-hydroxylation sites is 1. The van der Waals surface area contributed by atoms with Gasteiger partial charge in [0.15, 0.2) is 0 Å². The van der Waals surface area contributed by atoms with Gasteiger partial charge < -0.3 is 25.4 Å². The lowest BCUT2D eigenvalue weighted by Gasteiger charge is -2.28. The third kappa shape index (κ3) is 5.05. The fourth-order valence-electron chi connectivity index (χ4n) is 3.00. The second-order valence-corrected chi connectivity index (χ2v) is 6.27. The fraction of sp³-hybridized carbons (Fsp3) is 0.444. The number of hydrogen-bond acceptors (Lipinski definition) is 5. The van der Waals surface area contributed by atoms with Gasteiger partial charge in [0, 0.05) is 12.2 Å². The van der Waals surface area contributed by atoms with Crippen LogP contribution in [0.25, 0.3) is 0 Å². The molecule has 0 aliphatic carbocycles. The lowest BCUT2D eigenvalue weighted by atomic mass is 10.1. The van der Waals surface area contributed by atoms with Gasteiger partial charge in [0.2, 0.25) is 11.8 Å². The maximum atomic E-state index is 12.7. The summed E-state index contributed by atoms with van der Waals surface area (Å²) >= 11 is 0. The summed E-state index contributed by atoms with van der Waals surface area (Å²) in [5.74, 6) is -1.89. The molecule has 1 saturated heterocycles. The van der Waals surface area contributed by atoms with Gasteiger partial charge >= 0.3 is 5.97 Å². The highest BCUT2D eigenvalue weighted by Gasteiger charge is 2.36. The second-order valence-electron chi connectivity index (χ2n) is 6.27. The first-order chi connectivity index (χ1) is 12.4. The second kappa shape index (κ2) is 8.98. The molecule has 26 heavy (non-hydrogen) atoms. The Hall–Kier alpha value is -2.90. The molecule has 140 valence electrons. The van der Waals surface area contributed by atoms with E-state index in [0.29, 0.717) is 25.7 Å². The highest BCUT2D eigenvalue weighted by atomic mass is 16.4. The fourth-order valence-corrected chi connectivity index (χ4v) is 3.00. The minimum Gasteiger partial charge on any atom is -0.481 e. The summed E-state index contributed by atoms with van der Waals surface area (Å²) in [6.07, 6.45) is 1.06. The number of nitrogens with one attached hydrogen (secondary N) is 2. The molecule has 3 unspecified atom stereocenters. The Morgan fingerprint density at radius 3 is 2.62 bits per heavy atom. The number of nitrogens with zero attached hydrogens (tertiary/aromatic N) is 1. The van der Waals surface area contributed by atoms with Crippen molar-refractivity contribution in [3.8, 4) is 0 Å². The summed E-state index contributed by atoms with van der Waals surface area (Å²) in [6.45, 7) is 2.17. The molecule has 2 rings (SSSR count). The molecular formula is C18H23N3O5. The topological polar surface area (TPSA) is 116 Å². The summed E-state index contributed by atoms with van der Waals surface area (Å²) in [5, 5.41) is 14.3. The Morgan fingerprint density at radius 1 is 1.31 bits per heavy atom. The van der Waals surface area contributed by atoms with Crippen molar-refractivity contribution in [3.63, 3.8) is 0 Å². The van der Waals surface area contributed by atoms with Gasteiger partial charge in [0.1, 0.15) is 18.4 Å². The van der Waals surface area contributed by atoms with E-state index >= 15 is 0 Å². The minimum absolute atomic E-state index is 0.215. The van der Waals surface area contributed by atoms with Crippen LogP contribution < -0.4 is 10.6 Å². The predicted octanol–water partition coefficient (Wildman–Crippen LogP) is 0.636. The van der Waals surface area contributed by atoms with Gasteiger partial charge in [-0.15, -0.1) is 0 Å². The van der Waals surface area contributed by atoms with Crippen molar-refractivity contribution in [2.24, 2.45) is 0 Å².